The van der Waals surface area contributed by atoms with Gasteiger partial charge in [0, 0.05) is 32.4 Å². The quantitative estimate of drug-likeness (QED) is 0.432. The maximum atomic E-state index is 13.1. The van der Waals surface area contributed by atoms with Gasteiger partial charge in [0.15, 0.2) is 17.5 Å². The first-order valence-corrected chi connectivity index (χ1v) is 9.19. The Balaban J connectivity index is 1.79. The number of aromatic nitrogens is 2. The van der Waals surface area contributed by atoms with Crippen molar-refractivity contribution in [3.8, 4) is 0 Å². The molecule has 10 heteroatoms. The van der Waals surface area contributed by atoms with Crippen molar-refractivity contribution in [3.05, 3.63) is 57.8 Å². The molecule has 1 saturated heterocycles. The highest BCUT2D eigenvalue weighted by Crippen LogP contribution is 2.27. The van der Waals surface area contributed by atoms with Crippen LogP contribution in [0.15, 0.2) is 40.8 Å². The molecule has 1 unspecified atom stereocenters. The summed E-state index contributed by atoms with van der Waals surface area (Å²) in [6, 6.07) is 4.81. The van der Waals surface area contributed by atoms with Crippen molar-refractivity contribution in [3.63, 3.8) is 0 Å². The first kappa shape index (κ1) is 20.2. The van der Waals surface area contributed by atoms with Crippen molar-refractivity contribution < 1.29 is 9.18 Å². The summed E-state index contributed by atoms with van der Waals surface area (Å²) in [7, 11) is 0. The number of carbonyl (C=O) groups is 1. The smallest absolute Gasteiger partial charge is 0.255 e. The topological polar surface area (TPSA) is 74.1 Å². The maximum absolute atomic E-state index is 13.1. The van der Waals surface area contributed by atoms with E-state index in [1.54, 1.807) is 23.1 Å². The highest BCUT2D eigenvalue weighted by Gasteiger charge is 2.31. The van der Waals surface area contributed by atoms with Crippen molar-refractivity contribution in [1.29, 1.82) is 0 Å². The van der Waals surface area contributed by atoms with E-state index in [9.17, 15) is 9.18 Å². The van der Waals surface area contributed by atoms with Crippen LogP contribution in [-0.4, -0.2) is 63.9 Å². The molecule has 1 aliphatic rings. The Morgan fingerprint density at radius 3 is 2.64 bits per heavy atom. The van der Waals surface area contributed by atoms with Gasteiger partial charge >= 0.3 is 0 Å². The Hall–Kier alpha value is -2.58. The summed E-state index contributed by atoms with van der Waals surface area (Å²) in [5.74, 6) is -0.136. The number of carbonyl (C=O) groups excluding carboxylic acids is 1. The Morgan fingerprint density at radius 1 is 1.29 bits per heavy atom. The van der Waals surface area contributed by atoms with E-state index in [0.717, 1.165) is 12.4 Å². The molecular formula is C18H17Cl2FN6O. The van der Waals surface area contributed by atoms with Gasteiger partial charge in [-0.05, 0) is 19.1 Å². The molecule has 1 aromatic heterocycles. The van der Waals surface area contributed by atoms with E-state index in [1.807, 2.05) is 11.8 Å². The Kier molecular flexibility index (Phi) is 6.21. The van der Waals surface area contributed by atoms with Crippen LogP contribution >= 0.6 is 23.2 Å². The molecule has 2 aromatic rings. The van der Waals surface area contributed by atoms with Gasteiger partial charge in [0.25, 0.3) is 5.91 Å². The lowest BCUT2D eigenvalue weighted by Crippen LogP contribution is -2.55. The van der Waals surface area contributed by atoms with Crippen molar-refractivity contribution in [1.82, 2.24) is 19.8 Å². The van der Waals surface area contributed by atoms with Crippen LogP contribution in [0.1, 0.15) is 23.1 Å². The van der Waals surface area contributed by atoms with Crippen molar-refractivity contribution in [2.75, 3.05) is 19.6 Å². The van der Waals surface area contributed by atoms with Crippen LogP contribution in [-0.2, 0) is 0 Å². The molecular weight excluding hydrogens is 406 g/mol. The summed E-state index contributed by atoms with van der Waals surface area (Å²) in [6.45, 7) is 6.62. The summed E-state index contributed by atoms with van der Waals surface area (Å²) in [5, 5.41) is 8.14. The average molecular weight is 423 g/mol. The summed E-state index contributed by atoms with van der Waals surface area (Å²) in [4.78, 5) is 24.5. The minimum absolute atomic E-state index is 0.160. The SMILES string of the molecule is C=N/N=C(/c1ncc(F)cn1)N1CCN(C(=O)c2cccc(Cl)c2Cl)C(C)C1. The molecule has 0 saturated carbocycles. The fourth-order valence-electron chi connectivity index (χ4n) is 3.02. The molecule has 146 valence electrons. The second kappa shape index (κ2) is 8.62. The number of hydrogen-bond donors (Lipinski definition) is 0. The number of piperazine rings is 1. The summed E-state index contributed by atoms with van der Waals surface area (Å²) in [6.07, 6.45) is 2.12. The largest absolute Gasteiger partial charge is 0.348 e. The second-order valence-electron chi connectivity index (χ2n) is 6.18. The van der Waals surface area contributed by atoms with Gasteiger partial charge in [-0.15, -0.1) is 5.10 Å². The van der Waals surface area contributed by atoms with E-state index in [1.165, 1.54) is 0 Å². The fourth-order valence-corrected chi connectivity index (χ4v) is 3.40. The summed E-state index contributed by atoms with van der Waals surface area (Å²) in [5.41, 5.74) is 0.359. The molecule has 0 spiro atoms. The van der Waals surface area contributed by atoms with E-state index in [0.29, 0.717) is 36.1 Å². The molecule has 0 bridgehead atoms. The van der Waals surface area contributed by atoms with Crippen LogP contribution < -0.4 is 0 Å². The van der Waals surface area contributed by atoms with Gasteiger partial charge in [-0.3, -0.25) is 4.79 Å². The first-order valence-electron chi connectivity index (χ1n) is 8.44. The third-order valence-corrected chi connectivity index (χ3v) is 5.17. The molecule has 1 fully saturated rings. The predicted octanol–water partition coefficient (Wildman–Crippen LogP) is 3.13. The lowest BCUT2D eigenvalue weighted by molar-refractivity contribution is 0.0581. The van der Waals surface area contributed by atoms with Crippen molar-refractivity contribution in [2.45, 2.75) is 13.0 Å². The molecule has 1 aromatic carbocycles. The third-order valence-electron chi connectivity index (χ3n) is 4.36. The van der Waals surface area contributed by atoms with Gasteiger partial charge in [-0.25, -0.2) is 14.4 Å². The monoisotopic (exact) mass is 422 g/mol. The van der Waals surface area contributed by atoms with Crippen LogP contribution in [0.4, 0.5) is 4.39 Å². The van der Waals surface area contributed by atoms with Crippen molar-refractivity contribution in [2.24, 2.45) is 10.2 Å². The minimum Gasteiger partial charge on any atom is -0.348 e. The molecule has 28 heavy (non-hydrogen) atoms. The van der Waals surface area contributed by atoms with E-state index in [2.05, 4.69) is 26.9 Å². The molecule has 1 amide bonds. The molecule has 1 aliphatic heterocycles. The highest BCUT2D eigenvalue weighted by molar-refractivity contribution is 6.43. The lowest BCUT2D eigenvalue weighted by Gasteiger charge is -2.40. The third kappa shape index (κ3) is 4.13. The molecule has 3 rings (SSSR count). The minimum atomic E-state index is -0.545. The Morgan fingerprint density at radius 2 is 2.00 bits per heavy atom. The van der Waals surface area contributed by atoms with Crippen LogP contribution in [0.25, 0.3) is 0 Å². The maximum Gasteiger partial charge on any atom is 0.255 e. The van der Waals surface area contributed by atoms with Gasteiger partial charge in [-0.2, -0.15) is 5.10 Å². The number of halogens is 3. The number of rotatable bonds is 3. The zero-order chi connectivity index (χ0) is 20.3. The van der Waals surface area contributed by atoms with Crippen LogP contribution in [0.5, 0.6) is 0 Å². The van der Waals surface area contributed by atoms with Crippen LogP contribution in [0.3, 0.4) is 0 Å². The van der Waals surface area contributed by atoms with E-state index in [4.69, 9.17) is 23.2 Å². The molecule has 1 atom stereocenters. The van der Waals surface area contributed by atoms with Crippen LogP contribution in [0.2, 0.25) is 10.0 Å². The Bertz CT molecular complexity index is 921. The lowest BCUT2D eigenvalue weighted by atomic mass is 10.1. The van der Waals surface area contributed by atoms with Crippen molar-refractivity contribution >= 4 is 41.7 Å². The van der Waals surface area contributed by atoms with Gasteiger partial charge < -0.3 is 9.80 Å². The predicted molar refractivity (Wildman–Crippen MR) is 107 cm³/mol. The number of amidine groups is 1. The normalized spacial score (nSPS) is 17.6. The van der Waals surface area contributed by atoms with Gasteiger partial charge in [0.05, 0.1) is 28.0 Å². The van der Waals surface area contributed by atoms with Gasteiger partial charge in [0.2, 0.25) is 0 Å². The first-order chi connectivity index (χ1) is 13.4. The molecule has 0 radical (unpaired) electrons. The highest BCUT2D eigenvalue weighted by atomic mass is 35.5. The summed E-state index contributed by atoms with van der Waals surface area (Å²) < 4.78 is 13.1. The van der Waals surface area contributed by atoms with E-state index in [-0.39, 0.29) is 22.8 Å². The van der Waals surface area contributed by atoms with E-state index >= 15 is 0 Å². The fraction of sp³-hybridized carbons (Fsp3) is 0.278. The van der Waals surface area contributed by atoms with Gasteiger partial charge in [0.1, 0.15) is 0 Å². The Labute approximate surface area is 171 Å². The number of hydrogen-bond acceptors (Lipinski definition) is 5. The molecule has 7 nitrogen and oxygen atoms in total. The number of amides is 1. The average Bonchev–Trinajstić information content (AvgIpc) is 2.68. The molecule has 0 aliphatic carbocycles. The number of nitrogens with zero attached hydrogens (tertiary/aromatic N) is 6. The molecule has 0 N–H and O–H groups in total. The van der Waals surface area contributed by atoms with Crippen LogP contribution in [0, 0.1) is 5.82 Å². The second-order valence-corrected chi connectivity index (χ2v) is 6.97. The summed E-state index contributed by atoms with van der Waals surface area (Å²) >= 11 is 12.2. The van der Waals surface area contributed by atoms with Gasteiger partial charge in [-0.1, -0.05) is 29.3 Å². The zero-order valence-corrected chi connectivity index (χ0v) is 16.5. The standard InChI is InChI=1S/C18H17Cl2FN6O/c1-11-10-26(17(25-22-2)16-23-8-12(21)9-24-16)6-7-27(11)18(28)13-4-3-5-14(19)15(13)20/h3-5,8-9,11H,2,6-7,10H2,1H3/b25-17-. The van der Waals surface area contributed by atoms with E-state index < -0.39 is 5.82 Å². The zero-order valence-electron chi connectivity index (χ0n) is 15.0. The molecule has 2 heterocycles. The number of benzene rings is 1.